The lowest BCUT2D eigenvalue weighted by Crippen LogP contribution is -2.55. The molecule has 34 heavy (non-hydrogen) atoms. The second-order valence-corrected chi connectivity index (χ2v) is 9.29. The van der Waals surface area contributed by atoms with E-state index in [2.05, 4.69) is 37.9 Å². The number of nitrogens with zero attached hydrogens (tertiary/aromatic N) is 7. The fraction of sp³-hybridized carbons (Fsp3) is 0.538. The molecule has 2 fully saturated rings. The number of carbonyl (C=O) groups is 1. The summed E-state index contributed by atoms with van der Waals surface area (Å²) in [5, 5.41) is 17.9. The van der Waals surface area contributed by atoms with Crippen LogP contribution in [-0.2, 0) is 4.79 Å². The topological polar surface area (TPSA) is 79.6 Å². The molecule has 0 N–H and O–H groups in total. The van der Waals surface area contributed by atoms with Gasteiger partial charge in [0.25, 0.3) is 0 Å². The minimum Gasteiger partial charge on any atom is -0.354 e. The molecule has 0 unspecified atom stereocenters. The van der Waals surface area contributed by atoms with Gasteiger partial charge in [-0.15, -0.1) is 10.2 Å². The first-order chi connectivity index (χ1) is 16.6. The number of amides is 1. The number of carbonyl (C=O) groups excluding carboxylic acids is 1. The van der Waals surface area contributed by atoms with Crippen molar-refractivity contribution < 1.29 is 4.79 Å². The highest BCUT2D eigenvalue weighted by molar-refractivity contribution is 5.78. The predicted octanol–water partition coefficient (Wildman–Crippen LogP) is 2.47. The van der Waals surface area contributed by atoms with Crippen LogP contribution >= 0.6 is 0 Å². The fourth-order valence-electron chi connectivity index (χ4n) is 4.62. The van der Waals surface area contributed by atoms with Gasteiger partial charge in [-0.05, 0) is 51.1 Å². The average molecular weight is 462 g/mol. The van der Waals surface area contributed by atoms with E-state index in [0.717, 1.165) is 68.9 Å². The number of hydrogen-bond acceptors (Lipinski definition) is 7. The number of piperazine rings is 1. The molecule has 8 nitrogen and oxygen atoms in total. The van der Waals surface area contributed by atoms with Crippen LogP contribution in [0.1, 0.15) is 31.7 Å². The van der Waals surface area contributed by atoms with Gasteiger partial charge < -0.3 is 9.80 Å². The Bertz CT molecular complexity index is 991. The van der Waals surface area contributed by atoms with E-state index >= 15 is 0 Å². The number of aromatic nitrogens is 2. The molecule has 1 aliphatic carbocycles. The molecule has 1 saturated carbocycles. The van der Waals surface area contributed by atoms with E-state index in [1.54, 1.807) is 6.07 Å². The quantitative estimate of drug-likeness (QED) is 0.568. The van der Waals surface area contributed by atoms with Crippen LogP contribution in [0.25, 0.3) is 11.3 Å². The molecular weight excluding hydrogens is 426 g/mol. The van der Waals surface area contributed by atoms with E-state index < -0.39 is 0 Å². The Hall–Kier alpha value is -3.02. The summed E-state index contributed by atoms with van der Waals surface area (Å²) in [7, 11) is 2.01. The van der Waals surface area contributed by atoms with Crippen molar-refractivity contribution in [3.05, 3.63) is 42.0 Å². The standard InChI is InChI=1S/C26H35N7O/c1-3-31(25-11-10-24(28-29-25)22-7-4-6-21(18-22)19-27)13-12-30(2)20-26(34)33-16-14-32(15-17-33)23-8-5-9-23/h4,6-7,10-11,18,23H,3,5,8-9,12-17,20H2,1-2H3. The lowest BCUT2D eigenvalue weighted by atomic mass is 9.91. The van der Waals surface area contributed by atoms with Crippen LogP contribution in [0.5, 0.6) is 0 Å². The van der Waals surface area contributed by atoms with Crippen LogP contribution < -0.4 is 4.90 Å². The first-order valence-corrected chi connectivity index (χ1v) is 12.4. The summed E-state index contributed by atoms with van der Waals surface area (Å²) in [6, 6.07) is 14.2. The van der Waals surface area contributed by atoms with Gasteiger partial charge in [-0.3, -0.25) is 14.6 Å². The van der Waals surface area contributed by atoms with Crippen molar-refractivity contribution in [1.82, 2.24) is 24.9 Å². The summed E-state index contributed by atoms with van der Waals surface area (Å²) in [4.78, 5) is 21.6. The van der Waals surface area contributed by atoms with Crippen molar-refractivity contribution >= 4 is 11.7 Å². The summed E-state index contributed by atoms with van der Waals surface area (Å²) < 4.78 is 0. The summed E-state index contributed by atoms with van der Waals surface area (Å²) in [6.45, 7) is 8.62. The zero-order chi connectivity index (χ0) is 23.9. The van der Waals surface area contributed by atoms with E-state index in [9.17, 15) is 4.79 Å². The van der Waals surface area contributed by atoms with Gasteiger partial charge in [-0.2, -0.15) is 5.26 Å². The Morgan fingerprint density at radius 1 is 1.12 bits per heavy atom. The second kappa shape index (κ2) is 11.4. The predicted molar refractivity (Wildman–Crippen MR) is 133 cm³/mol. The van der Waals surface area contributed by atoms with E-state index in [0.29, 0.717) is 12.1 Å². The van der Waals surface area contributed by atoms with Crippen LogP contribution in [0.4, 0.5) is 5.82 Å². The van der Waals surface area contributed by atoms with Gasteiger partial charge in [0.05, 0.1) is 23.9 Å². The van der Waals surface area contributed by atoms with E-state index in [4.69, 9.17) is 5.26 Å². The maximum absolute atomic E-state index is 12.8. The summed E-state index contributed by atoms with van der Waals surface area (Å²) >= 11 is 0. The Labute approximate surface area is 202 Å². The third kappa shape index (κ3) is 5.91. The average Bonchev–Trinajstić information content (AvgIpc) is 2.84. The molecule has 1 aromatic heterocycles. The normalized spacial score (nSPS) is 16.8. The number of rotatable bonds is 9. The van der Waals surface area contributed by atoms with Crippen LogP contribution in [0, 0.1) is 11.3 Å². The van der Waals surface area contributed by atoms with E-state index in [1.165, 1.54) is 19.3 Å². The van der Waals surface area contributed by atoms with Gasteiger partial charge in [0.2, 0.25) is 5.91 Å². The third-order valence-electron chi connectivity index (χ3n) is 7.06. The molecule has 2 aliphatic rings. The highest BCUT2D eigenvalue weighted by Gasteiger charge is 2.29. The lowest BCUT2D eigenvalue weighted by molar-refractivity contribution is -0.134. The SMILES string of the molecule is CCN(CCN(C)CC(=O)N1CCN(C2CCC2)CC1)c1ccc(-c2cccc(C#N)c2)nn1. The van der Waals surface area contributed by atoms with Crippen LogP contribution in [-0.4, -0.2) is 96.3 Å². The molecule has 0 bridgehead atoms. The molecule has 1 aromatic carbocycles. The summed E-state index contributed by atoms with van der Waals surface area (Å²) in [5.41, 5.74) is 2.24. The van der Waals surface area contributed by atoms with Gasteiger partial charge in [0.1, 0.15) is 0 Å². The van der Waals surface area contributed by atoms with Crippen LogP contribution in [0.3, 0.4) is 0 Å². The smallest absolute Gasteiger partial charge is 0.236 e. The zero-order valence-corrected chi connectivity index (χ0v) is 20.4. The molecule has 0 radical (unpaired) electrons. The first kappa shape index (κ1) is 24.1. The van der Waals surface area contributed by atoms with Gasteiger partial charge in [0.15, 0.2) is 5.82 Å². The van der Waals surface area contributed by atoms with Crippen molar-refractivity contribution in [2.24, 2.45) is 0 Å². The van der Waals surface area contributed by atoms with Crippen molar-refractivity contribution in [3.8, 4) is 17.3 Å². The minimum atomic E-state index is 0.225. The van der Waals surface area contributed by atoms with E-state index in [-0.39, 0.29) is 5.91 Å². The Morgan fingerprint density at radius 2 is 1.91 bits per heavy atom. The van der Waals surface area contributed by atoms with Gasteiger partial charge in [-0.25, -0.2) is 0 Å². The molecule has 0 atom stereocenters. The largest absolute Gasteiger partial charge is 0.354 e. The molecule has 180 valence electrons. The molecule has 1 saturated heterocycles. The molecule has 4 rings (SSSR count). The molecule has 0 spiro atoms. The highest BCUT2D eigenvalue weighted by atomic mass is 16.2. The highest BCUT2D eigenvalue weighted by Crippen LogP contribution is 2.25. The number of hydrogen-bond donors (Lipinski definition) is 0. The molecule has 2 heterocycles. The lowest BCUT2D eigenvalue weighted by Gasteiger charge is -2.43. The van der Waals surface area contributed by atoms with Crippen molar-refractivity contribution in [1.29, 1.82) is 5.26 Å². The Morgan fingerprint density at radius 3 is 2.53 bits per heavy atom. The van der Waals surface area contributed by atoms with Crippen molar-refractivity contribution in [2.75, 3.05) is 64.3 Å². The maximum atomic E-state index is 12.8. The fourth-order valence-corrected chi connectivity index (χ4v) is 4.62. The Balaban J connectivity index is 1.24. The van der Waals surface area contributed by atoms with Crippen molar-refractivity contribution in [3.63, 3.8) is 0 Å². The van der Waals surface area contributed by atoms with Gasteiger partial charge >= 0.3 is 0 Å². The number of nitriles is 1. The monoisotopic (exact) mass is 461 g/mol. The van der Waals surface area contributed by atoms with Gasteiger partial charge in [-0.1, -0.05) is 18.6 Å². The molecule has 1 aliphatic heterocycles. The van der Waals surface area contributed by atoms with Crippen molar-refractivity contribution in [2.45, 2.75) is 32.2 Å². The minimum absolute atomic E-state index is 0.225. The van der Waals surface area contributed by atoms with Crippen LogP contribution in [0.2, 0.25) is 0 Å². The summed E-state index contributed by atoms with van der Waals surface area (Å²) in [6.07, 6.45) is 4.01. The molecule has 8 heteroatoms. The molecular formula is C26H35N7O. The number of benzene rings is 1. The number of anilines is 1. The molecule has 1 amide bonds. The number of likely N-dealkylation sites (N-methyl/N-ethyl adjacent to an activating group) is 2. The first-order valence-electron chi connectivity index (χ1n) is 12.4. The zero-order valence-electron chi connectivity index (χ0n) is 20.4. The van der Waals surface area contributed by atoms with Gasteiger partial charge in [0, 0.05) is 57.4 Å². The third-order valence-corrected chi connectivity index (χ3v) is 7.06. The maximum Gasteiger partial charge on any atom is 0.236 e. The summed E-state index contributed by atoms with van der Waals surface area (Å²) in [5.74, 6) is 1.04. The second-order valence-electron chi connectivity index (χ2n) is 9.29. The molecule has 2 aromatic rings. The van der Waals surface area contributed by atoms with E-state index in [1.807, 2.05) is 42.3 Å². The Kier molecular flexibility index (Phi) is 8.09. The van der Waals surface area contributed by atoms with Crippen LogP contribution in [0.15, 0.2) is 36.4 Å².